The summed E-state index contributed by atoms with van der Waals surface area (Å²) < 4.78 is 29.3. The van der Waals surface area contributed by atoms with Gasteiger partial charge in [-0.05, 0) is 30.9 Å². The van der Waals surface area contributed by atoms with Gasteiger partial charge in [0.25, 0.3) is 0 Å². The predicted octanol–water partition coefficient (Wildman–Crippen LogP) is 3.01. The number of ether oxygens (including phenoxy) is 1. The lowest BCUT2D eigenvalue weighted by molar-refractivity contribution is -0.386. The van der Waals surface area contributed by atoms with Crippen molar-refractivity contribution in [3.8, 4) is 0 Å². The lowest BCUT2D eigenvalue weighted by atomic mass is 9.88. The summed E-state index contributed by atoms with van der Waals surface area (Å²) in [4.78, 5) is 10.3. The van der Waals surface area contributed by atoms with Gasteiger partial charge in [-0.3, -0.25) is 10.1 Å². The quantitative estimate of drug-likeness (QED) is 0.458. The molecule has 1 aliphatic carbocycles. The number of nitro groups is 1. The molecular weight excluding hydrogens is 332 g/mol. The summed E-state index contributed by atoms with van der Waals surface area (Å²) in [6, 6.07) is 4.25. The van der Waals surface area contributed by atoms with E-state index in [4.69, 9.17) is 4.74 Å². The second kappa shape index (κ2) is 7.94. The van der Waals surface area contributed by atoms with E-state index < -0.39 is 20.4 Å². The van der Waals surface area contributed by atoms with Gasteiger partial charge in [0.2, 0.25) is 0 Å². The number of benzene rings is 1. The molecule has 0 amide bonds. The molecule has 0 bridgehead atoms. The summed E-state index contributed by atoms with van der Waals surface area (Å²) in [5.74, 6) is 0.529. The van der Waals surface area contributed by atoms with Crippen molar-refractivity contribution in [1.29, 1.82) is 0 Å². The van der Waals surface area contributed by atoms with Gasteiger partial charge in [-0.2, -0.15) is 0 Å². The maximum Gasteiger partial charge on any atom is 0.310 e. The van der Waals surface area contributed by atoms with Gasteiger partial charge in [0, 0.05) is 12.8 Å². The number of hydrogen-bond donors (Lipinski definition) is 1. The van der Waals surface area contributed by atoms with Gasteiger partial charge in [-0.25, -0.2) is 8.42 Å². The van der Waals surface area contributed by atoms with Crippen molar-refractivity contribution in [3.05, 3.63) is 28.3 Å². The summed E-state index contributed by atoms with van der Waals surface area (Å²) in [6.07, 6.45) is 5.82. The third-order valence-corrected chi connectivity index (χ3v) is 5.49. The molecule has 2 unspecified atom stereocenters. The van der Waals surface area contributed by atoms with Gasteiger partial charge >= 0.3 is 5.69 Å². The van der Waals surface area contributed by atoms with Crippen molar-refractivity contribution >= 4 is 21.2 Å². The van der Waals surface area contributed by atoms with Gasteiger partial charge in [0.1, 0.15) is 10.6 Å². The minimum Gasteiger partial charge on any atom is -0.377 e. The summed E-state index contributed by atoms with van der Waals surface area (Å²) >= 11 is 0. The van der Waals surface area contributed by atoms with Crippen molar-refractivity contribution in [1.82, 2.24) is 0 Å². The molecule has 134 valence electrons. The minimum absolute atomic E-state index is 0.197. The smallest absolute Gasteiger partial charge is 0.310 e. The van der Waals surface area contributed by atoms with Crippen LogP contribution in [0, 0.1) is 16.0 Å². The average Bonchev–Trinajstić information content (AvgIpc) is 2.51. The molecule has 0 saturated heterocycles. The van der Waals surface area contributed by atoms with Gasteiger partial charge in [0.05, 0.1) is 17.6 Å². The SMILES string of the molecule is CC1CCCCC1OCCNc1cccc(S(C)(=O)=O)c1[N+](=O)[O-]. The first-order valence-corrected chi connectivity index (χ1v) is 10.0. The average molecular weight is 356 g/mol. The lowest BCUT2D eigenvalue weighted by Crippen LogP contribution is -2.27. The van der Waals surface area contributed by atoms with Crippen LogP contribution in [0.5, 0.6) is 0 Å². The summed E-state index contributed by atoms with van der Waals surface area (Å²) in [7, 11) is -3.67. The highest BCUT2D eigenvalue weighted by atomic mass is 32.2. The van der Waals surface area contributed by atoms with E-state index in [1.54, 1.807) is 0 Å². The first kappa shape index (κ1) is 18.7. The van der Waals surface area contributed by atoms with Crippen LogP contribution in [0.1, 0.15) is 32.6 Å². The molecule has 1 aromatic rings. The van der Waals surface area contributed by atoms with Crippen molar-refractivity contribution in [2.24, 2.45) is 5.92 Å². The van der Waals surface area contributed by atoms with Crippen LogP contribution in [-0.4, -0.2) is 38.9 Å². The normalized spacial score (nSPS) is 21.4. The number of nitro benzene ring substituents is 1. The molecule has 1 aliphatic rings. The van der Waals surface area contributed by atoms with Gasteiger partial charge in [0.15, 0.2) is 9.84 Å². The molecule has 2 atom stereocenters. The summed E-state index contributed by atoms with van der Waals surface area (Å²) in [5.41, 5.74) is -0.214. The van der Waals surface area contributed by atoms with Gasteiger partial charge < -0.3 is 10.1 Å². The van der Waals surface area contributed by atoms with E-state index in [1.165, 1.54) is 37.5 Å². The number of sulfone groups is 1. The standard InChI is InChI=1S/C16H24N2O5S/c1-12-6-3-4-8-14(12)23-11-10-17-13-7-5-9-15(24(2,21)22)16(13)18(19)20/h5,7,9,12,14,17H,3-4,6,8,10-11H2,1-2H3. The van der Waals surface area contributed by atoms with Crippen LogP contribution in [0.25, 0.3) is 0 Å². The first-order chi connectivity index (χ1) is 11.3. The maximum atomic E-state index is 11.7. The zero-order valence-corrected chi connectivity index (χ0v) is 14.8. The second-order valence-electron chi connectivity index (χ2n) is 6.28. The summed E-state index contributed by atoms with van der Waals surface area (Å²) in [5, 5.41) is 14.2. The van der Waals surface area contributed by atoms with Gasteiger partial charge in [-0.15, -0.1) is 0 Å². The molecule has 8 heteroatoms. The third-order valence-electron chi connectivity index (χ3n) is 4.36. The highest BCUT2D eigenvalue weighted by Gasteiger charge is 2.26. The Kier molecular flexibility index (Phi) is 6.17. The number of para-hydroxylation sites is 1. The van der Waals surface area contributed by atoms with Crippen LogP contribution in [0.2, 0.25) is 0 Å². The number of rotatable bonds is 7. The monoisotopic (exact) mass is 356 g/mol. The molecule has 7 nitrogen and oxygen atoms in total. The minimum atomic E-state index is -3.67. The fraction of sp³-hybridized carbons (Fsp3) is 0.625. The topological polar surface area (TPSA) is 98.5 Å². The highest BCUT2D eigenvalue weighted by molar-refractivity contribution is 7.90. The Labute approximate surface area is 142 Å². The Morgan fingerprint density at radius 1 is 1.33 bits per heavy atom. The molecule has 0 heterocycles. The molecule has 0 spiro atoms. The highest BCUT2D eigenvalue weighted by Crippen LogP contribution is 2.32. The Bertz CT molecular complexity index is 690. The van der Waals surface area contributed by atoms with Crippen LogP contribution in [0.4, 0.5) is 11.4 Å². The molecule has 1 saturated carbocycles. The Balaban J connectivity index is 2.01. The third kappa shape index (κ3) is 4.67. The van der Waals surface area contributed by atoms with Crippen LogP contribution in [0.15, 0.2) is 23.1 Å². The van der Waals surface area contributed by atoms with Crippen molar-refractivity contribution in [2.75, 3.05) is 24.7 Å². The molecule has 0 radical (unpaired) electrons. The maximum absolute atomic E-state index is 11.7. The second-order valence-corrected chi connectivity index (χ2v) is 8.26. The van der Waals surface area contributed by atoms with E-state index in [-0.39, 0.29) is 16.7 Å². The van der Waals surface area contributed by atoms with Crippen LogP contribution in [-0.2, 0) is 14.6 Å². The van der Waals surface area contributed by atoms with E-state index in [9.17, 15) is 18.5 Å². The Morgan fingerprint density at radius 2 is 2.04 bits per heavy atom. The number of hydrogen-bond acceptors (Lipinski definition) is 6. The van der Waals surface area contributed by atoms with Crippen LogP contribution < -0.4 is 5.32 Å². The number of nitrogens with one attached hydrogen (secondary N) is 1. The van der Waals surface area contributed by atoms with E-state index in [0.717, 1.165) is 12.7 Å². The van der Waals surface area contributed by atoms with E-state index >= 15 is 0 Å². The number of nitrogens with zero attached hydrogens (tertiary/aromatic N) is 1. The largest absolute Gasteiger partial charge is 0.377 e. The molecule has 1 aromatic carbocycles. The number of anilines is 1. The molecule has 2 rings (SSSR count). The van der Waals surface area contributed by atoms with E-state index in [0.29, 0.717) is 19.1 Å². The molecule has 24 heavy (non-hydrogen) atoms. The fourth-order valence-electron chi connectivity index (χ4n) is 3.08. The van der Waals surface area contributed by atoms with Crippen molar-refractivity contribution < 1.29 is 18.1 Å². The van der Waals surface area contributed by atoms with Crippen molar-refractivity contribution in [2.45, 2.75) is 43.6 Å². The zero-order chi connectivity index (χ0) is 17.7. The Morgan fingerprint density at radius 3 is 2.67 bits per heavy atom. The molecule has 0 aromatic heterocycles. The fourth-order valence-corrected chi connectivity index (χ4v) is 3.94. The lowest BCUT2D eigenvalue weighted by Gasteiger charge is -2.28. The Hall–Kier alpha value is -1.67. The zero-order valence-electron chi connectivity index (χ0n) is 14.0. The predicted molar refractivity (Wildman–Crippen MR) is 92.1 cm³/mol. The van der Waals surface area contributed by atoms with E-state index in [2.05, 4.69) is 12.2 Å². The van der Waals surface area contributed by atoms with Crippen molar-refractivity contribution in [3.63, 3.8) is 0 Å². The van der Waals surface area contributed by atoms with Crippen LogP contribution in [0.3, 0.4) is 0 Å². The first-order valence-electron chi connectivity index (χ1n) is 8.13. The molecule has 0 aliphatic heterocycles. The summed E-state index contributed by atoms with van der Waals surface area (Å²) in [6.45, 7) is 2.99. The molecular formula is C16H24N2O5S. The van der Waals surface area contributed by atoms with Crippen LogP contribution >= 0.6 is 0 Å². The van der Waals surface area contributed by atoms with E-state index in [1.807, 2.05) is 0 Å². The van der Waals surface area contributed by atoms with Gasteiger partial charge in [-0.1, -0.05) is 25.8 Å². The molecule has 1 N–H and O–H groups in total. The molecule has 1 fully saturated rings.